The summed E-state index contributed by atoms with van der Waals surface area (Å²) in [6, 6.07) is 8.81. The van der Waals surface area contributed by atoms with Gasteiger partial charge in [-0.1, -0.05) is 23.7 Å². The number of rotatable bonds is 3. The molecule has 0 amide bonds. The molecule has 1 fully saturated rings. The van der Waals surface area contributed by atoms with Gasteiger partial charge in [-0.05, 0) is 24.6 Å². The molecule has 116 valence electrons. The van der Waals surface area contributed by atoms with Crippen LogP contribution in [0.15, 0.2) is 24.3 Å². The number of aryl methyl sites for hydroxylation is 1. The van der Waals surface area contributed by atoms with Crippen molar-refractivity contribution >= 4 is 11.6 Å². The molecule has 1 saturated heterocycles. The van der Waals surface area contributed by atoms with E-state index >= 15 is 0 Å². The minimum absolute atomic E-state index is 0.651. The second-order valence-electron chi connectivity index (χ2n) is 6.26. The molecule has 1 aromatic carbocycles. The third kappa shape index (κ3) is 2.64. The molecule has 0 bridgehead atoms. The highest BCUT2D eigenvalue weighted by Crippen LogP contribution is 2.22. The van der Waals surface area contributed by atoms with E-state index < -0.39 is 0 Å². The van der Waals surface area contributed by atoms with Crippen molar-refractivity contribution in [3.8, 4) is 0 Å². The van der Waals surface area contributed by atoms with Crippen molar-refractivity contribution in [1.29, 1.82) is 0 Å². The van der Waals surface area contributed by atoms with E-state index in [0.29, 0.717) is 6.04 Å². The molecule has 0 aliphatic carbocycles. The predicted octanol–water partition coefficient (Wildman–Crippen LogP) is 1.94. The van der Waals surface area contributed by atoms with Gasteiger partial charge in [0.15, 0.2) is 0 Å². The van der Waals surface area contributed by atoms with E-state index in [9.17, 15) is 0 Å². The van der Waals surface area contributed by atoms with Gasteiger partial charge in [0, 0.05) is 43.8 Å². The van der Waals surface area contributed by atoms with E-state index in [0.717, 1.165) is 55.9 Å². The summed E-state index contributed by atoms with van der Waals surface area (Å²) in [5, 5.41) is 9.27. The molecule has 0 spiro atoms. The Hall–Kier alpha value is -1.43. The largest absolute Gasteiger partial charge is 0.313 e. The fourth-order valence-corrected chi connectivity index (χ4v) is 3.51. The quantitative estimate of drug-likeness (QED) is 0.867. The first-order valence-corrected chi connectivity index (χ1v) is 8.16. The van der Waals surface area contributed by atoms with Gasteiger partial charge in [0.05, 0.1) is 6.54 Å². The normalized spacial score (nSPS) is 19.9. The van der Waals surface area contributed by atoms with Gasteiger partial charge in [-0.15, -0.1) is 10.2 Å². The van der Waals surface area contributed by atoms with Crippen LogP contribution in [-0.2, 0) is 19.6 Å². The molecule has 0 unspecified atom stereocenters. The standard InChI is InChI=1S/C16H20ClN5/c1-12-18-19-16-11-21(6-7-22(12)16)15-9-20(10-15)8-13-2-4-14(17)5-3-13/h2-5,15H,6-11H2,1H3. The van der Waals surface area contributed by atoms with Crippen molar-refractivity contribution in [2.45, 2.75) is 32.6 Å². The van der Waals surface area contributed by atoms with E-state index in [1.807, 2.05) is 19.1 Å². The Labute approximate surface area is 135 Å². The number of hydrogen-bond donors (Lipinski definition) is 0. The van der Waals surface area contributed by atoms with Gasteiger partial charge in [-0.25, -0.2) is 0 Å². The zero-order valence-electron chi connectivity index (χ0n) is 12.7. The average molecular weight is 318 g/mol. The van der Waals surface area contributed by atoms with Gasteiger partial charge in [-0.2, -0.15) is 0 Å². The summed E-state index contributed by atoms with van der Waals surface area (Å²) in [6.07, 6.45) is 0. The first-order chi connectivity index (χ1) is 10.7. The fraction of sp³-hybridized carbons (Fsp3) is 0.500. The zero-order chi connectivity index (χ0) is 15.1. The van der Waals surface area contributed by atoms with E-state index in [1.165, 1.54) is 5.56 Å². The van der Waals surface area contributed by atoms with Crippen molar-refractivity contribution in [1.82, 2.24) is 24.6 Å². The molecule has 0 saturated carbocycles. The predicted molar refractivity (Wildman–Crippen MR) is 85.7 cm³/mol. The lowest BCUT2D eigenvalue weighted by atomic mass is 10.0. The molecule has 4 rings (SSSR count). The van der Waals surface area contributed by atoms with Crippen molar-refractivity contribution in [3.63, 3.8) is 0 Å². The van der Waals surface area contributed by atoms with Crippen LogP contribution in [0.1, 0.15) is 17.2 Å². The van der Waals surface area contributed by atoms with Crippen LogP contribution in [0, 0.1) is 6.92 Å². The number of nitrogens with zero attached hydrogens (tertiary/aromatic N) is 5. The second kappa shape index (κ2) is 5.65. The molecular formula is C16H20ClN5. The Morgan fingerprint density at radius 2 is 1.91 bits per heavy atom. The molecule has 6 heteroatoms. The monoisotopic (exact) mass is 317 g/mol. The Morgan fingerprint density at radius 3 is 2.68 bits per heavy atom. The van der Waals surface area contributed by atoms with Crippen LogP contribution in [0.4, 0.5) is 0 Å². The molecule has 2 aliphatic rings. The third-order valence-corrected chi connectivity index (χ3v) is 4.99. The average Bonchev–Trinajstić information content (AvgIpc) is 2.85. The van der Waals surface area contributed by atoms with Crippen LogP contribution in [0.25, 0.3) is 0 Å². The Kier molecular flexibility index (Phi) is 3.64. The lowest BCUT2D eigenvalue weighted by Crippen LogP contribution is -2.60. The third-order valence-electron chi connectivity index (χ3n) is 4.74. The molecule has 1 aromatic heterocycles. The van der Waals surface area contributed by atoms with Crippen LogP contribution < -0.4 is 0 Å². The maximum atomic E-state index is 5.93. The van der Waals surface area contributed by atoms with Gasteiger partial charge in [-0.3, -0.25) is 9.80 Å². The molecule has 5 nitrogen and oxygen atoms in total. The topological polar surface area (TPSA) is 37.2 Å². The summed E-state index contributed by atoms with van der Waals surface area (Å²) in [7, 11) is 0. The van der Waals surface area contributed by atoms with Gasteiger partial charge < -0.3 is 4.57 Å². The first kappa shape index (κ1) is 14.2. The van der Waals surface area contributed by atoms with Gasteiger partial charge in [0.2, 0.25) is 0 Å². The molecule has 22 heavy (non-hydrogen) atoms. The van der Waals surface area contributed by atoms with Crippen molar-refractivity contribution < 1.29 is 0 Å². The molecule has 0 N–H and O–H groups in total. The molecule has 3 heterocycles. The summed E-state index contributed by atoms with van der Waals surface area (Å²) in [5.74, 6) is 2.15. The summed E-state index contributed by atoms with van der Waals surface area (Å²) in [5.41, 5.74) is 1.33. The molecule has 0 atom stereocenters. The number of benzene rings is 1. The van der Waals surface area contributed by atoms with E-state index in [1.54, 1.807) is 0 Å². The van der Waals surface area contributed by atoms with Crippen LogP contribution in [0.3, 0.4) is 0 Å². The van der Waals surface area contributed by atoms with E-state index in [-0.39, 0.29) is 0 Å². The lowest BCUT2D eigenvalue weighted by molar-refractivity contribution is 0.0128. The number of fused-ring (bicyclic) bond motifs is 1. The zero-order valence-corrected chi connectivity index (χ0v) is 13.5. The number of likely N-dealkylation sites (tertiary alicyclic amines) is 1. The molecule has 0 radical (unpaired) electrons. The molecule has 2 aromatic rings. The summed E-state index contributed by atoms with van der Waals surface area (Å²) < 4.78 is 2.24. The van der Waals surface area contributed by atoms with Crippen molar-refractivity contribution in [3.05, 3.63) is 46.5 Å². The SMILES string of the molecule is Cc1nnc2n1CCN(C1CN(Cc3ccc(Cl)cc3)C1)C2. The van der Waals surface area contributed by atoms with Crippen LogP contribution in [0.5, 0.6) is 0 Å². The maximum Gasteiger partial charge on any atom is 0.147 e. The van der Waals surface area contributed by atoms with Gasteiger partial charge in [0.1, 0.15) is 11.6 Å². The fourth-order valence-electron chi connectivity index (χ4n) is 3.38. The number of aromatic nitrogens is 3. The minimum atomic E-state index is 0.651. The Balaban J connectivity index is 1.31. The van der Waals surface area contributed by atoms with Gasteiger partial charge >= 0.3 is 0 Å². The summed E-state index contributed by atoms with van der Waals surface area (Å²) in [6.45, 7) is 8.36. The highest BCUT2D eigenvalue weighted by molar-refractivity contribution is 6.30. The van der Waals surface area contributed by atoms with Crippen molar-refractivity contribution in [2.75, 3.05) is 19.6 Å². The number of hydrogen-bond acceptors (Lipinski definition) is 4. The number of halogens is 1. The minimum Gasteiger partial charge on any atom is -0.313 e. The highest BCUT2D eigenvalue weighted by Gasteiger charge is 2.34. The second-order valence-corrected chi connectivity index (χ2v) is 6.70. The van der Waals surface area contributed by atoms with Crippen molar-refractivity contribution in [2.24, 2.45) is 0 Å². The highest BCUT2D eigenvalue weighted by atomic mass is 35.5. The first-order valence-electron chi connectivity index (χ1n) is 7.78. The molecule has 2 aliphatic heterocycles. The van der Waals surface area contributed by atoms with Crippen LogP contribution >= 0.6 is 11.6 Å². The Bertz CT molecular complexity index is 660. The smallest absolute Gasteiger partial charge is 0.147 e. The summed E-state index contributed by atoms with van der Waals surface area (Å²) >= 11 is 5.93. The lowest BCUT2D eigenvalue weighted by Gasteiger charge is -2.46. The maximum absolute atomic E-state index is 5.93. The summed E-state index contributed by atoms with van der Waals surface area (Å²) in [4.78, 5) is 5.03. The molecular weight excluding hydrogens is 298 g/mol. The van der Waals surface area contributed by atoms with Crippen LogP contribution in [-0.4, -0.2) is 50.2 Å². The van der Waals surface area contributed by atoms with E-state index in [2.05, 4.69) is 36.7 Å². The Morgan fingerprint density at radius 1 is 1.14 bits per heavy atom. The van der Waals surface area contributed by atoms with E-state index in [4.69, 9.17) is 11.6 Å². The van der Waals surface area contributed by atoms with Crippen LogP contribution in [0.2, 0.25) is 5.02 Å². The van der Waals surface area contributed by atoms with Gasteiger partial charge in [0.25, 0.3) is 0 Å².